The molecule has 2 rings (SSSR count). The van der Waals surface area contributed by atoms with Crippen LogP contribution in [0.15, 0.2) is 6.07 Å². The highest BCUT2D eigenvalue weighted by Crippen LogP contribution is 2.24. The maximum Gasteiger partial charge on any atom is 0.228 e. The maximum absolute atomic E-state index is 6.04. The van der Waals surface area contributed by atoms with Gasteiger partial charge in [-0.15, -0.1) is 0 Å². The minimum absolute atomic E-state index is 0.221. The largest absolute Gasteiger partial charge is 0.478 e. The molecule has 2 heterocycles. The predicted octanol–water partition coefficient (Wildman–Crippen LogP) is 2.14. The van der Waals surface area contributed by atoms with E-state index in [2.05, 4.69) is 28.7 Å². The first kappa shape index (κ1) is 15.0. The average molecular weight is 278 g/mol. The molecule has 2 atom stereocenters. The average Bonchev–Trinajstić information content (AvgIpc) is 2.44. The van der Waals surface area contributed by atoms with Crippen LogP contribution in [0.25, 0.3) is 0 Å². The number of hydrogen-bond donors (Lipinski definition) is 1. The van der Waals surface area contributed by atoms with Crippen molar-refractivity contribution in [3.05, 3.63) is 11.8 Å². The highest BCUT2D eigenvalue weighted by atomic mass is 16.5. The fourth-order valence-electron chi connectivity index (χ4n) is 2.57. The summed E-state index contributed by atoms with van der Waals surface area (Å²) in [6.45, 7) is 8.79. The van der Waals surface area contributed by atoms with Gasteiger partial charge in [-0.25, -0.2) is 4.98 Å². The van der Waals surface area contributed by atoms with Crippen molar-refractivity contribution in [1.82, 2.24) is 9.97 Å². The van der Waals surface area contributed by atoms with Gasteiger partial charge in [0.25, 0.3) is 0 Å². The Kier molecular flexibility index (Phi) is 5.17. The van der Waals surface area contributed by atoms with Crippen molar-refractivity contribution < 1.29 is 4.74 Å². The second kappa shape index (κ2) is 6.88. The van der Waals surface area contributed by atoms with Gasteiger partial charge in [0, 0.05) is 30.9 Å². The number of ether oxygens (including phenoxy) is 1. The fourth-order valence-corrected chi connectivity index (χ4v) is 2.57. The molecule has 5 heteroatoms. The molecule has 2 N–H and O–H groups in total. The minimum Gasteiger partial charge on any atom is -0.478 e. The van der Waals surface area contributed by atoms with E-state index >= 15 is 0 Å². The van der Waals surface area contributed by atoms with E-state index in [1.54, 1.807) is 0 Å². The smallest absolute Gasteiger partial charge is 0.228 e. The van der Waals surface area contributed by atoms with Crippen LogP contribution < -0.4 is 15.4 Å². The molecular formula is C15H26N4O. The summed E-state index contributed by atoms with van der Waals surface area (Å²) in [5.41, 5.74) is 6.99. The highest BCUT2D eigenvalue weighted by Gasteiger charge is 2.24. The molecule has 1 aromatic heterocycles. The molecule has 2 unspecified atom stereocenters. The number of rotatable bonds is 5. The van der Waals surface area contributed by atoms with E-state index in [1.165, 1.54) is 6.42 Å². The lowest BCUT2D eigenvalue weighted by atomic mass is 9.92. The normalized spacial score (nSPS) is 20.8. The van der Waals surface area contributed by atoms with Crippen molar-refractivity contribution in [3.8, 4) is 5.88 Å². The number of nitrogens with zero attached hydrogens (tertiary/aromatic N) is 3. The first-order valence-corrected chi connectivity index (χ1v) is 7.59. The lowest BCUT2D eigenvalue weighted by molar-refractivity contribution is 0.303. The van der Waals surface area contributed by atoms with Crippen LogP contribution in [0.4, 0.5) is 5.95 Å². The lowest BCUT2D eigenvalue weighted by Gasteiger charge is -2.34. The third kappa shape index (κ3) is 3.82. The van der Waals surface area contributed by atoms with E-state index < -0.39 is 0 Å². The van der Waals surface area contributed by atoms with Gasteiger partial charge in [0.05, 0.1) is 6.61 Å². The van der Waals surface area contributed by atoms with Gasteiger partial charge in [-0.1, -0.05) is 6.92 Å². The topological polar surface area (TPSA) is 64.3 Å². The Morgan fingerprint density at radius 2 is 2.30 bits per heavy atom. The molecule has 0 spiro atoms. The van der Waals surface area contributed by atoms with E-state index in [0.29, 0.717) is 18.4 Å². The minimum atomic E-state index is 0.221. The monoisotopic (exact) mass is 278 g/mol. The van der Waals surface area contributed by atoms with Crippen LogP contribution in [0.2, 0.25) is 0 Å². The second-order valence-electron chi connectivity index (χ2n) is 5.70. The molecule has 5 nitrogen and oxygen atoms in total. The lowest BCUT2D eigenvalue weighted by Crippen LogP contribution is -2.43. The summed E-state index contributed by atoms with van der Waals surface area (Å²) < 4.78 is 5.64. The highest BCUT2D eigenvalue weighted by molar-refractivity contribution is 5.35. The Morgan fingerprint density at radius 3 is 3.00 bits per heavy atom. The van der Waals surface area contributed by atoms with Crippen LogP contribution in [-0.2, 0) is 0 Å². The zero-order valence-electron chi connectivity index (χ0n) is 12.8. The summed E-state index contributed by atoms with van der Waals surface area (Å²) >= 11 is 0. The Hall–Kier alpha value is -1.36. The zero-order chi connectivity index (χ0) is 14.5. The van der Waals surface area contributed by atoms with Crippen LogP contribution in [0.1, 0.15) is 38.8 Å². The summed E-state index contributed by atoms with van der Waals surface area (Å²) in [5.74, 6) is 1.98. The first-order valence-electron chi connectivity index (χ1n) is 7.59. The van der Waals surface area contributed by atoms with Crippen LogP contribution >= 0.6 is 0 Å². The Balaban J connectivity index is 2.12. The van der Waals surface area contributed by atoms with Gasteiger partial charge in [0.1, 0.15) is 0 Å². The molecule has 112 valence electrons. The van der Waals surface area contributed by atoms with E-state index in [9.17, 15) is 0 Å². The molecule has 0 aliphatic carbocycles. The Bertz CT molecular complexity index is 436. The van der Waals surface area contributed by atoms with Gasteiger partial charge < -0.3 is 15.4 Å². The number of piperidine rings is 1. The van der Waals surface area contributed by atoms with Crippen molar-refractivity contribution in [2.75, 3.05) is 24.6 Å². The van der Waals surface area contributed by atoms with Gasteiger partial charge >= 0.3 is 0 Å². The summed E-state index contributed by atoms with van der Waals surface area (Å²) in [7, 11) is 0. The van der Waals surface area contributed by atoms with Gasteiger partial charge in [0.2, 0.25) is 11.8 Å². The number of aromatic nitrogens is 2. The van der Waals surface area contributed by atoms with Gasteiger partial charge in [0.15, 0.2) is 0 Å². The van der Waals surface area contributed by atoms with Crippen molar-refractivity contribution in [2.24, 2.45) is 11.7 Å². The molecule has 0 saturated carbocycles. The number of nitrogens with two attached hydrogens (primary N) is 1. The standard InChI is InChI=1S/C15H26N4O/c1-4-8-20-14-9-11(2)17-15(18-14)19-7-5-6-13(10-19)12(3)16/h9,12-13H,4-8,10,16H2,1-3H3. The Morgan fingerprint density at radius 1 is 1.50 bits per heavy atom. The number of aryl methyl sites for hydroxylation is 1. The van der Waals surface area contributed by atoms with Crippen LogP contribution in [0.3, 0.4) is 0 Å². The Labute approximate surface area is 121 Å². The molecule has 1 aliphatic rings. The molecule has 20 heavy (non-hydrogen) atoms. The zero-order valence-corrected chi connectivity index (χ0v) is 12.8. The fraction of sp³-hybridized carbons (Fsp3) is 0.733. The second-order valence-corrected chi connectivity index (χ2v) is 5.70. The molecule has 0 aromatic carbocycles. The number of anilines is 1. The van der Waals surface area contributed by atoms with Gasteiger partial charge in [-0.05, 0) is 39.0 Å². The summed E-state index contributed by atoms with van der Waals surface area (Å²) in [6.07, 6.45) is 3.32. The first-order chi connectivity index (χ1) is 9.60. The van der Waals surface area contributed by atoms with E-state index in [1.807, 2.05) is 13.0 Å². The van der Waals surface area contributed by atoms with E-state index in [4.69, 9.17) is 10.5 Å². The summed E-state index contributed by atoms with van der Waals surface area (Å²) in [4.78, 5) is 11.3. The summed E-state index contributed by atoms with van der Waals surface area (Å²) in [6, 6.07) is 2.12. The SMILES string of the molecule is CCCOc1cc(C)nc(N2CCCC(C(C)N)C2)n1. The quantitative estimate of drug-likeness (QED) is 0.894. The predicted molar refractivity (Wildman–Crippen MR) is 81.1 cm³/mol. The van der Waals surface area contributed by atoms with Crippen LogP contribution in [0.5, 0.6) is 5.88 Å². The molecule has 1 fully saturated rings. The molecule has 0 amide bonds. The van der Waals surface area contributed by atoms with Crippen LogP contribution in [0, 0.1) is 12.8 Å². The third-order valence-corrected chi connectivity index (χ3v) is 3.76. The summed E-state index contributed by atoms with van der Waals surface area (Å²) in [5, 5.41) is 0. The molecule has 1 saturated heterocycles. The van der Waals surface area contributed by atoms with E-state index in [-0.39, 0.29) is 6.04 Å². The van der Waals surface area contributed by atoms with Gasteiger partial charge in [-0.2, -0.15) is 4.98 Å². The maximum atomic E-state index is 6.04. The van der Waals surface area contributed by atoms with Crippen molar-refractivity contribution in [1.29, 1.82) is 0 Å². The molecule has 1 aromatic rings. The number of hydrogen-bond acceptors (Lipinski definition) is 5. The van der Waals surface area contributed by atoms with Crippen LogP contribution in [-0.4, -0.2) is 35.7 Å². The molecular weight excluding hydrogens is 252 g/mol. The molecule has 1 aliphatic heterocycles. The van der Waals surface area contributed by atoms with Crippen molar-refractivity contribution >= 4 is 5.95 Å². The van der Waals surface area contributed by atoms with E-state index in [0.717, 1.165) is 37.6 Å². The van der Waals surface area contributed by atoms with Crippen molar-refractivity contribution in [3.63, 3.8) is 0 Å². The third-order valence-electron chi connectivity index (χ3n) is 3.76. The van der Waals surface area contributed by atoms with Gasteiger partial charge in [-0.3, -0.25) is 0 Å². The molecule has 0 radical (unpaired) electrons. The molecule has 0 bridgehead atoms. The van der Waals surface area contributed by atoms with Crippen molar-refractivity contribution in [2.45, 2.75) is 46.1 Å².